The lowest BCUT2D eigenvalue weighted by molar-refractivity contribution is -0.142. The van der Waals surface area contributed by atoms with Crippen molar-refractivity contribution in [3.8, 4) is 11.5 Å². The maximum Gasteiger partial charge on any atom is 0.261 e. The zero-order valence-corrected chi connectivity index (χ0v) is 20.0. The first-order chi connectivity index (χ1) is 14.3. The third kappa shape index (κ3) is 7.19. The molecular formula is C23H29IN2O4. The molecule has 2 atom stereocenters. The number of hydrogen-bond donors (Lipinski definition) is 1. The fraction of sp³-hybridized carbons (Fsp3) is 0.391. The van der Waals surface area contributed by atoms with Crippen molar-refractivity contribution in [3.05, 3.63) is 57.7 Å². The van der Waals surface area contributed by atoms with E-state index in [1.807, 2.05) is 62.4 Å². The highest BCUT2D eigenvalue weighted by atomic mass is 127. The van der Waals surface area contributed by atoms with Gasteiger partial charge in [-0.1, -0.05) is 19.1 Å². The lowest BCUT2D eigenvalue weighted by atomic mass is 10.1. The Morgan fingerprint density at radius 3 is 2.43 bits per heavy atom. The van der Waals surface area contributed by atoms with Crippen LogP contribution in [0.15, 0.2) is 48.5 Å². The van der Waals surface area contributed by atoms with Crippen LogP contribution in [0.4, 0.5) is 0 Å². The fourth-order valence-corrected chi connectivity index (χ4v) is 3.13. The van der Waals surface area contributed by atoms with Crippen LogP contribution in [0.25, 0.3) is 0 Å². The summed E-state index contributed by atoms with van der Waals surface area (Å²) in [6, 6.07) is 14.3. The van der Waals surface area contributed by atoms with E-state index in [1.54, 1.807) is 18.9 Å². The molecule has 0 radical (unpaired) electrons. The maximum atomic E-state index is 13.0. The van der Waals surface area contributed by atoms with Crippen LogP contribution >= 0.6 is 22.6 Å². The van der Waals surface area contributed by atoms with E-state index in [9.17, 15) is 9.59 Å². The van der Waals surface area contributed by atoms with Gasteiger partial charge in [0.1, 0.15) is 17.5 Å². The zero-order valence-electron chi connectivity index (χ0n) is 17.9. The van der Waals surface area contributed by atoms with Gasteiger partial charge in [0.2, 0.25) is 5.91 Å². The number of methoxy groups -OCH3 is 1. The average molecular weight is 524 g/mol. The number of amides is 2. The van der Waals surface area contributed by atoms with E-state index in [1.165, 1.54) is 0 Å². The summed E-state index contributed by atoms with van der Waals surface area (Å²) in [5, 5.41) is 2.95. The van der Waals surface area contributed by atoms with Gasteiger partial charge in [0, 0.05) is 16.2 Å². The van der Waals surface area contributed by atoms with Crippen molar-refractivity contribution in [2.75, 3.05) is 13.7 Å². The Balaban J connectivity index is 2.16. The molecule has 2 rings (SSSR count). The molecule has 0 aliphatic carbocycles. The van der Waals surface area contributed by atoms with Crippen LogP contribution in [0.1, 0.15) is 32.8 Å². The molecule has 0 saturated heterocycles. The standard InChI is InChI=1S/C23H29IN2O4/c1-5-16(2)25-23(28)17(3)26(14-18-7-6-8-21(13-18)29-4)22(27)15-30-20-11-9-19(24)10-12-20/h6-13,16-17H,5,14-15H2,1-4H3,(H,25,28)/t16-,17+/m0/s1. The van der Waals surface area contributed by atoms with Crippen LogP contribution in [0.2, 0.25) is 0 Å². The van der Waals surface area contributed by atoms with Crippen molar-refractivity contribution in [2.45, 2.75) is 45.8 Å². The monoisotopic (exact) mass is 524 g/mol. The minimum absolute atomic E-state index is 0.0387. The summed E-state index contributed by atoms with van der Waals surface area (Å²) in [7, 11) is 1.60. The van der Waals surface area contributed by atoms with Crippen LogP contribution in [0, 0.1) is 3.57 Å². The zero-order chi connectivity index (χ0) is 22.1. The van der Waals surface area contributed by atoms with Crippen molar-refractivity contribution < 1.29 is 19.1 Å². The average Bonchev–Trinajstić information content (AvgIpc) is 2.76. The quantitative estimate of drug-likeness (QED) is 0.477. The summed E-state index contributed by atoms with van der Waals surface area (Å²) in [5.41, 5.74) is 0.875. The van der Waals surface area contributed by atoms with E-state index in [2.05, 4.69) is 27.9 Å². The van der Waals surface area contributed by atoms with Gasteiger partial charge in [-0.15, -0.1) is 0 Å². The lowest BCUT2D eigenvalue weighted by Crippen LogP contribution is -2.50. The molecule has 0 spiro atoms. The van der Waals surface area contributed by atoms with Gasteiger partial charge in [0.15, 0.2) is 6.61 Å². The van der Waals surface area contributed by atoms with E-state index in [-0.39, 0.29) is 31.0 Å². The van der Waals surface area contributed by atoms with E-state index < -0.39 is 6.04 Å². The number of carbonyl (C=O) groups is 2. The predicted molar refractivity (Wildman–Crippen MR) is 126 cm³/mol. The molecule has 0 saturated carbocycles. The summed E-state index contributed by atoms with van der Waals surface area (Å²) in [6.45, 7) is 5.82. The number of benzene rings is 2. The first-order valence-electron chi connectivity index (χ1n) is 9.95. The molecule has 0 aliphatic rings. The summed E-state index contributed by atoms with van der Waals surface area (Å²) in [6.07, 6.45) is 0.818. The molecule has 0 unspecified atom stereocenters. The first-order valence-corrected chi connectivity index (χ1v) is 11.0. The van der Waals surface area contributed by atoms with E-state index >= 15 is 0 Å². The smallest absolute Gasteiger partial charge is 0.261 e. The summed E-state index contributed by atoms with van der Waals surface area (Å²) in [5.74, 6) is 0.867. The Hall–Kier alpha value is -2.29. The van der Waals surface area contributed by atoms with Crippen LogP contribution in [0.5, 0.6) is 11.5 Å². The van der Waals surface area contributed by atoms with E-state index in [4.69, 9.17) is 9.47 Å². The summed E-state index contributed by atoms with van der Waals surface area (Å²) in [4.78, 5) is 27.3. The van der Waals surface area contributed by atoms with Crippen molar-refractivity contribution >= 4 is 34.4 Å². The summed E-state index contributed by atoms with van der Waals surface area (Å²) < 4.78 is 12.0. The molecule has 1 N–H and O–H groups in total. The Bertz CT molecular complexity index is 841. The minimum atomic E-state index is -0.641. The molecule has 6 nitrogen and oxygen atoms in total. The predicted octanol–water partition coefficient (Wildman–Crippen LogP) is 4.01. The Morgan fingerprint density at radius 2 is 1.80 bits per heavy atom. The second-order valence-corrected chi connectivity index (χ2v) is 8.36. The topological polar surface area (TPSA) is 67.9 Å². The van der Waals surface area contributed by atoms with Crippen molar-refractivity contribution in [1.82, 2.24) is 10.2 Å². The molecule has 7 heteroatoms. The van der Waals surface area contributed by atoms with E-state index in [0.29, 0.717) is 11.5 Å². The first kappa shape index (κ1) is 24.0. The highest BCUT2D eigenvalue weighted by molar-refractivity contribution is 14.1. The number of nitrogens with zero attached hydrogens (tertiary/aromatic N) is 1. The highest BCUT2D eigenvalue weighted by Crippen LogP contribution is 2.17. The molecule has 162 valence electrons. The maximum absolute atomic E-state index is 13.0. The second kappa shape index (κ2) is 11.8. The van der Waals surface area contributed by atoms with Crippen LogP contribution < -0.4 is 14.8 Å². The molecule has 0 aromatic heterocycles. The number of hydrogen-bond acceptors (Lipinski definition) is 4. The molecule has 2 amide bonds. The van der Waals surface area contributed by atoms with Crippen molar-refractivity contribution in [3.63, 3.8) is 0 Å². The Labute approximate surface area is 192 Å². The van der Waals surface area contributed by atoms with Gasteiger partial charge < -0.3 is 19.7 Å². The minimum Gasteiger partial charge on any atom is -0.497 e. The normalized spacial score (nSPS) is 12.6. The third-order valence-electron chi connectivity index (χ3n) is 4.83. The Morgan fingerprint density at radius 1 is 1.10 bits per heavy atom. The van der Waals surface area contributed by atoms with Gasteiger partial charge in [-0.3, -0.25) is 9.59 Å². The highest BCUT2D eigenvalue weighted by Gasteiger charge is 2.27. The molecule has 0 aliphatic heterocycles. The molecule has 0 fully saturated rings. The van der Waals surface area contributed by atoms with Gasteiger partial charge in [0.05, 0.1) is 7.11 Å². The molecule has 0 bridgehead atoms. The fourth-order valence-electron chi connectivity index (χ4n) is 2.77. The number of halogens is 1. The number of carbonyl (C=O) groups excluding carboxylic acids is 2. The molecule has 2 aromatic carbocycles. The van der Waals surface area contributed by atoms with Crippen molar-refractivity contribution in [2.24, 2.45) is 0 Å². The van der Waals surface area contributed by atoms with Crippen molar-refractivity contribution in [1.29, 1.82) is 0 Å². The van der Waals surface area contributed by atoms with Crippen LogP contribution in [-0.4, -0.2) is 42.5 Å². The number of ether oxygens (including phenoxy) is 2. The molecule has 30 heavy (non-hydrogen) atoms. The van der Waals surface area contributed by atoms with Gasteiger partial charge in [0.25, 0.3) is 5.91 Å². The number of nitrogens with one attached hydrogen (secondary N) is 1. The van der Waals surface area contributed by atoms with Gasteiger partial charge in [-0.25, -0.2) is 0 Å². The van der Waals surface area contributed by atoms with Crippen LogP contribution in [0.3, 0.4) is 0 Å². The SMILES string of the molecule is CC[C@H](C)NC(=O)[C@@H](C)N(Cc1cccc(OC)c1)C(=O)COc1ccc(I)cc1. The molecule has 0 heterocycles. The second-order valence-electron chi connectivity index (χ2n) is 7.11. The molecule has 2 aromatic rings. The lowest BCUT2D eigenvalue weighted by Gasteiger charge is -2.29. The third-order valence-corrected chi connectivity index (χ3v) is 5.55. The number of rotatable bonds is 10. The Kier molecular flexibility index (Phi) is 9.42. The largest absolute Gasteiger partial charge is 0.497 e. The van der Waals surface area contributed by atoms with Crippen LogP contribution in [-0.2, 0) is 16.1 Å². The van der Waals surface area contributed by atoms with Gasteiger partial charge in [-0.05, 0) is 84.8 Å². The van der Waals surface area contributed by atoms with E-state index in [0.717, 1.165) is 15.6 Å². The van der Waals surface area contributed by atoms with Gasteiger partial charge in [-0.2, -0.15) is 0 Å². The molecular weight excluding hydrogens is 495 g/mol. The van der Waals surface area contributed by atoms with Gasteiger partial charge >= 0.3 is 0 Å². The summed E-state index contributed by atoms with van der Waals surface area (Å²) >= 11 is 2.21.